The van der Waals surface area contributed by atoms with Crippen molar-refractivity contribution >= 4 is 22.4 Å². The summed E-state index contributed by atoms with van der Waals surface area (Å²) in [6.07, 6.45) is 5.31. The van der Waals surface area contributed by atoms with Gasteiger partial charge in [-0.2, -0.15) is 14.6 Å². The average molecular weight is 522 g/mol. The van der Waals surface area contributed by atoms with E-state index < -0.39 is 0 Å². The second kappa shape index (κ2) is 9.87. The van der Waals surface area contributed by atoms with Gasteiger partial charge in [-0.15, -0.1) is 5.10 Å². The fraction of sp³-hybridized carbons (Fsp3) is 0.0345. The monoisotopic (exact) mass is 521 g/mol. The molecule has 6 rings (SSSR count). The number of aromatic nitrogens is 5. The topological polar surface area (TPSA) is 74.3 Å². The maximum atomic E-state index is 13.6. The Labute approximate surface area is 220 Å². The number of rotatable bonds is 7. The highest BCUT2D eigenvalue weighted by Gasteiger charge is 2.15. The Morgan fingerprint density at radius 2 is 1.68 bits per heavy atom. The number of thiazole rings is 1. The molecule has 7 nitrogen and oxygen atoms in total. The van der Waals surface area contributed by atoms with E-state index in [0.29, 0.717) is 33.4 Å². The lowest BCUT2D eigenvalue weighted by Gasteiger charge is -2.02. The van der Waals surface area contributed by atoms with E-state index in [-0.39, 0.29) is 11.4 Å². The Hall–Kier alpha value is -4.89. The van der Waals surface area contributed by atoms with Gasteiger partial charge in [0.05, 0.1) is 10.2 Å². The summed E-state index contributed by atoms with van der Waals surface area (Å²) in [5, 5.41) is 9.18. The number of hydrogen-bond acceptors (Lipinski definition) is 6. The van der Waals surface area contributed by atoms with Crippen molar-refractivity contribution in [3.05, 3.63) is 124 Å². The molecule has 0 atom stereocenters. The van der Waals surface area contributed by atoms with Crippen LogP contribution in [0.3, 0.4) is 0 Å². The Kier molecular flexibility index (Phi) is 6.11. The van der Waals surface area contributed by atoms with Crippen molar-refractivity contribution < 1.29 is 9.13 Å². The highest BCUT2D eigenvalue weighted by atomic mass is 32.1. The Balaban J connectivity index is 1.40. The molecule has 6 aromatic rings. The summed E-state index contributed by atoms with van der Waals surface area (Å²) in [6.45, 7) is 4.06. The van der Waals surface area contributed by atoms with Gasteiger partial charge in [0.25, 0.3) is 5.56 Å². The van der Waals surface area contributed by atoms with Crippen LogP contribution in [0.15, 0.2) is 103 Å². The molecular formula is C29H20FN5O2S. The van der Waals surface area contributed by atoms with Gasteiger partial charge >= 0.3 is 0 Å². The molecular weight excluding hydrogens is 501 g/mol. The van der Waals surface area contributed by atoms with Crippen LogP contribution in [-0.4, -0.2) is 31.0 Å². The van der Waals surface area contributed by atoms with Gasteiger partial charge in [0.2, 0.25) is 4.96 Å². The van der Waals surface area contributed by atoms with Crippen LogP contribution in [0.25, 0.3) is 39.4 Å². The van der Waals surface area contributed by atoms with Crippen LogP contribution in [0, 0.1) is 5.82 Å². The summed E-state index contributed by atoms with van der Waals surface area (Å²) in [7, 11) is 0. The quantitative estimate of drug-likeness (QED) is 0.279. The van der Waals surface area contributed by atoms with E-state index >= 15 is 0 Å². The minimum Gasteiger partial charge on any atom is -0.490 e. The zero-order valence-corrected chi connectivity index (χ0v) is 20.8. The summed E-state index contributed by atoms with van der Waals surface area (Å²) in [5.41, 5.74) is 3.46. The minimum absolute atomic E-state index is 0.271. The van der Waals surface area contributed by atoms with E-state index in [1.54, 1.807) is 29.0 Å². The third-order valence-corrected chi connectivity index (χ3v) is 6.79. The number of hydrogen-bond donors (Lipinski definition) is 0. The van der Waals surface area contributed by atoms with E-state index in [9.17, 15) is 9.18 Å². The maximum absolute atomic E-state index is 13.6. The number of nitrogens with zero attached hydrogens (tertiary/aromatic N) is 5. The van der Waals surface area contributed by atoms with Crippen molar-refractivity contribution in [1.29, 1.82) is 0 Å². The van der Waals surface area contributed by atoms with E-state index in [1.165, 1.54) is 28.0 Å². The number of ether oxygens (including phenoxy) is 1. The molecule has 0 aliphatic rings. The highest BCUT2D eigenvalue weighted by Crippen LogP contribution is 2.25. The smallest absolute Gasteiger partial charge is 0.291 e. The van der Waals surface area contributed by atoms with Gasteiger partial charge in [-0.25, -0.2) is 9.07 Å². The first-order chi connectivity index (χ1) is 18.6. The molecule has 3 aromatic heterocycles. The van der Waals surface area contributed by atoms with E-state index in [4.69, 9.17) is 9.84 Å². The Morgan fingerprint density at radius 3 is 2.39 bits per heavy atom. The van der Waals surface area contributed by atoms with Crippen LogP contribution in [0.2, 0.25) is 0 Å². The Bertz CT molecular complexity index is 1860. The molecule has 0 spiro atoms. The van der Waals surface area contributed by atoms with Crippen LogP contribution in [0.1, 0.15) is 5.56 Å². The third kappa shape index (κ3) is 4.51. The third-order valence-electron chi connectivity index (χ3n) is 5.83. The van der Waals surface area contributed by atoms with E-state index in [1.807, 2.05) is 60.8 Å². The summed E-state index contributed by atoms with van der Waals surface area (Å²) in [4.78, 5) is 18.3. The molecule has 38 heavy (non-hydrogen) atoms. The van der Waals surface area contributed by atoms with Gasteiger partial charge < -0.3 is 4.74 Å². The second-order valence-corrected chi connectivity index (χ2v) is 9.40. The lowest BCUT2D eigenvalue weighted by atomic mass is 10.1. The van der Waals surface area contributed by atoms with Crippen molar-refractivity contribution in [2.75, 3.05) is 6.61 Å². The first kappa shape index (κ1) is 23.5. The fourth-order valence-corrected chi connectivity index (χ4v) is 4.89. The molecule has 0 amide bonds. The standard InChI is InChI=1S/C29H20FN5O2S/c1-2-16-37-24-14-10-20(11-15-24)27-31-29-35(33-27)28(36)25(38-29)17-21-18-34(23-6-4-3-5-7-23)32-26(21)19-8-12-22(30)13-9-19/h2-15,17-18H,1,16H2. The normalized spacial score (nSPS) is 11.8. The minimum atomic E-state index is -0.330. The van der Waals surface area contributed by atoms with Crippen molar-refractivity contribution in [3.8, 4) is 34.1 Å². The second-order valence-electron chi connectivity index (χ2n) is 8.39. The molecule has 0 fully saturated rings. The summed E-state index contributed by atoms with van der Waals surface area (Å²) < 4.78 is 22.6. The first-order valence-corrected chi connectivity index (χ1v) is 12.6. The molecule has 0 aliphatic heterocycles. The number of fused-ring (bicyclic) bond motifs is 1. The summed E-state index contributed by atoms with van der Waals surface area (Å²) in [5.74, 6) is 0.840. The molecule has 186 valence electrons. The molecule has 0 saturated heterocycles. The fourth-order valence-electron chi connectivity index (χ4n) is 3.99. The number of halogens is 1. The molecule has 0 bridgehead atoms. The molecule has 0 N–H and O–H groups in total. The van der Waals surface area contributed by atoms with Crippen LogP contribution in [0.5, 0.6) is 5.75 Å². The van der Waals surface area contributed by atoms with Gasteiger partial charge in [0.1, 0.15) is 23.9 Å². The van der Waals surface area contributed by atoms with Crippen LogP contribution in [-0.2, 0) is 0 Å². The zero-order valence-electron chi connectivity index (χ0n) is 20.0. The van der Waals surface area contributed by atoms with Gasteiger partial charge in [0.15, 0.2) is 5.82 Å². The summed E-state index contributed by atoms with van der Waals surface area (Å²) in [6, 6.07) is 23.1. The lowest BCUT2D eigenvalue weighted by molar-refractivity contribution is 0.363. The molecule has 0 aliphatic carbocycles. The van der Waals surface area contributed by atoms with Gasteiger partial charge in [0, 0.05) is 22.9 Å². The summed E-state index contributed by atoms with van der Waals surface area (Å²) >= 11 is 1.25. The van der Waals surface area contributed by atoms with Crippen LogP contribution in [0.4, 0.5) is 4.39 Å². The van der Waals surface area contributed by atoms with Crippen molar-refractivity contribution in [2.24, 2.45) is 0 Å². The first-order valence-electron chi connectivity index (χ1n) is 11.8. The van der Waals surface area contributed by atoms with E-state index in [0.717, 1.165) is 22.4 Å². The Morgan fingerprint density at radius 1 is 0.947 bits per heavy atom. The number of para-hydroxylation sites is 1. The molecule has 9 heteroatoms. The van der Waals surface area contributed by atoms with Crippen molar-refractivity contribution in [2.45, 2.75) is 0 Å². The lowest BCUT2D eigenvalue weighted by Crippen LogP contribution is -2.23. The molecule has 0 radical (unpaired) electrons. The zero-order chi connectivity index (χ0) is 26.1. The molecule has 3 aromatic carbocycles. The largest absolute Gasteiger partial charge is 0.490 e. The van der Waals surface area contributed by atoms with Gasteiger partial charge in [-0.3, -0.25) is 4.79 Å². The maximum Gasteiger partial charge on any atom is 0.291 e. The average Bonchev–Trinajstić information content (AvgIpc) is 3.64. The van der Waals surface area contributed by atoms with Gasteiger partial charge in [-0.1, -0.05) is 42.2 Å². The van der Waals surface area contributed by atoms with Crippen LogP contribution >= 0.6 is 11.3 Å². The predicted molar refractivity (Wildman–Crippen MR) is 146 cm³/mol. The number of benzene rings is 3. The van der Waals surface area contributed by atoms with Crippen molar-refractivity contribution in [3.63, 3.8) is 0 Å². The van der Waals surface area contributed by atoms with Gasteiger partial charge in [-0.05, 0) is 66.7 Å². The van der Waals surface area contributed by atoms with Crippen molar-refractivity contribution in [1.82, 2.24) is 24.4 Å². The van der Waals surface area contributed by atoms with E-state index in [2.05, 4.69) is 16.7 Å². The highest BCUT2D eigenvalue weighted by molar-refractivity contribution is 7.15. The molecule has 3 heterocycles. The molecule has 0 unspecified atom stereocenters. The predicted octanol–water partition coefficient (Wildman–Crippen LogP) is 4.92. The SMILES string of the molecule is C=CCOc1ccc(-c2nc3sc(=Cc4cn(-c5ccccc5)nc4-c4ccc(F)cc4)c(=O)n3n2)cc1. The molecule has 0 saturated carbocycles. The van der Waals surface area contributed by atoms with Crippen LogP contribution < -0.4 is 14.8 Å².